The van der Waals surface area contributed by atoms with Crippen LogP contribution in [-0.2, 0) is 0 Å². The van der Waals surface area contributed by atoms with Crippen LogP contribution < -0.4 is 10.5 Å². The summed E-state index contributed by atoms with van der Waals surface area (Å²) < 4.78 is 6.06. The molecule has 1 aliphatic carbocycles. The molecule has 2 rings (SSSR count). The Morgan fingerprint density at radius 1 is 1.22 bits per heavy atom. The largest absolute Gasteiger partial charge is 0.490 e. The first-order chi connectivity index (χ1) is 8.66. The van der Waals surface area contributed by atoms with E-state index in [9.17, 15) is 0 Å². The van der Waals surface area contributed by atoms with Crippen LogP contribution in [0.25, 0.3) is 0 Å². The van der Waals surface area contributed by atoms with E-state index in [1.54, 1.807) is 6.07 Å². The number of rotatable bonds is 3. The molecule has 0 amide bonds. The summed E-state index contributed by atoms with van der Waals surface area (Å²) in [7, 11) is 0. The Balaban J connectivity index is 2.14. The molecule has 1 aliphatic rings. The van der Waals surface area contributed by atoms with Gasteiger partial charge in [0, 0.05) is 5.02 Å². The highest BCUT2D eigenvalue weighted by Crippen LogP contribution is 2.27. The average Bonchev–Trinajstić information content (AvgIpc) is 2.60. The summed E-state index contributed by atoms with van der Waals surface area (Å²) in [5.41, 5.74) is 6.45. The Kier molecular flexibility index (Phi) is 4.84. The molecule has 1 aromatic rings. The van der Waals surface area contributed by atoms with Crippen LogP contribution in [0.2, 0.25) is 5.02 Å². The third kappa shape index (κ3) is 3.59. The predicted molar refractivity (Wildman–Crippen MR) is 79.5 cm³/mol. The molecule has 2 nitrogen and oxygen atoms in total. The molecule has 0 aromatic heterocycles. The monoisotopic (exact) mass is 283 g/mol. The maximum absolute atomic E-state index is 6.06. The second kappa shape index (κ2) is 6.39. The van der Waals surface area contributed by atoms with Gasteiger partial charge in [-0.05, 0) is 43.9 Å². The summed E-state index contributed by atoms with van der Waals surface area (Å²) in [4.78, 5) is 0.334. The fourth-order valence-corrected chi connectivity index (χ4v) is 2.67. The quantitative estimate of drug-likeness (QED) is 0.671. The maximum atomic E-state index is 6.06. The first-order valence-corrected chi connectivity index (χ1v) is 7.21. The van der Waals surface area contributed by atoms with Crippen LogP contribution in [0.5, 0.6) is 5.75 Å². The molecule has 0 spiro atoms. The Morgan fingerprint density at radius 2 is 1.89 bits per heavy atom. The third-order valence-electron chi connectivity index (χ3n) is 3.30. The van der Waals surface area contributed by atoms with E-state index in [0.717, 1.165) is 24.2 Å². The fourth-order valence-electron chi connectivity index (χ4n) is 2.34. The van der Waals surface area contributed by atoms with E-state index in [1.165, 1.54) is 25.7 Å². The maximum Gasteiger partial charge on any atom is 0.129 e. The molecule has 0 radical (unpaired) electrons. The minimum atomic E-state index is 0.279. The Bertz CT molecular complexity index is 428. The van der Waals surface area contributed by atoms with Crippen molar-refractivity contribution >= 4 is 28.8 Å². The van der Waals surface area contributed by atoms with Crippen LogP contribution >= 0.6 is 23.8 Å². The van der Waals surface area contributed by atoms with Crippen molar-refractivity contribution < 1.29 is 4.74 Å². The summed E-state index contributed by atoms with van der Waals surface area (Å²) in [6.45, 7) is 0. The van der Waals surface area contributed by atoms with Crippen LogP contribution in [0.1, 0.15) is 44.1 Å². The zero-order valence-corrected chi connectivity index (χ0v) is 11.9. The molecule has 98 valence electrons. The van der Waals surface area contributed by atoms with E-state index in [-0.39, 0.29) is 6.10 Å². The van der Waals surface area contributed by atoms with E-state index in [4.69, 9.17) is 34.3 Å². The second-order valence-corrected chi connectivity index (χ2v) is 5.61. The molecule has 1 saturated carbocycles. The number of nitrogens with two attached hydrogens (primary N) is 1. The summed E-state index contributed by atoms with van der Waals surface area (Å²) >= 11 is 11.0. The number of thiocarbonyl (C=S) groups is 1. The van der Waals surface area contributed by atoms with Gasteiger partial charge < -0.3 is 10.5 Å². The van der Waals surface area contributed by atoms with Gasteiger partial charge in [0.2, 0.25) is 0 Å². The highest BCUT2D eigenvalue weighted by Gasteiger charge is 2.16. The van der Waals surface area contributed by atoms with Crippen molar-refractivity contribution in [2.75, 3.05) is 0 Å². The van der Waals surface area contributed by atoms with Crippen molar-refractivity contribution in [1.29, 1.82) is 0 Å². The molecule has 0 aliphatic heterocycles. The second-order valence-electron chi connectivity index (χ2n) is 4.74. The van der Waals surface area contributed by atoms with Crippen LogP contribution in [0, 0.1) is 0 Å². The molecule has 0 bridgehead atoms. The van der Waals surface area contributed by atoms with Crippen LogP contribution in [-0.4, -0.2) is 11.1 Å². The lowest BCUT2D eigenvalue weighted by molar-refractivity contribution is 0.183. The highest BCUT2D eigenvalue weighted by molar-refractivity contribution is 7.80. The molecule has 2 N–H and O–H groups in total. The zero-order chi connectivity index (χ0) is 13.0. The first-order valence-electron chi connectivity index (χ1n) is 6.43. The van der Waals surface area contributed by atoms with Crippen molar-refractivity contribution in [1.82, 2.24) is 0 Å². The molecule has 4 heteroatoms. The lowest BCUT2D eigenvalue weighted by atomic mass is 10.1. The third-order valence-corrected chi connectivity index (χ3v) is 3.76. The van der Waals surface area contributed by atoms with Gasteiger partial charge in [-0.3, -0.25) is 0 Å². The molecule has 18 heavy (non-hydrogen) atoms. The van der Waals surface area contributed by atoms with Gasteiger partial charge in [-0.25, -0.2) is 0 Å². The smallest absolute Gasteiger partial charge is 0.129 e. The van der Waals surface area contributed by atoms with Gasteiger partial charge >= 0.3 is 0 Å². The van der Waals surface area contributed by atoms with E-state index in [1.807, 2.05) is 12.1 Å². The minimum absolute atomic E-state index is 0.279. The first kappa shape index (κ1) is 13.6. The van der Waals surface area contributed by atoms with Gasteiger partial charge in [-0.2, -0.15) is 0 Å². The molecular formula is C14H18ClNOS. The molecule has 0 saturated heterocycles. The molecule has 0 unspecified atom stereocenters. The van der Waals surface area contributed by atoms with Gasteiger partial charge in [0.05, 0.1) is 11.7 Å². The standard InChI is InChI=1S/C14H18ClNOS/c15-10-7-8-13(12(9-10)14(16)18)17-11-5-3-1-2-4-6-11/h7-9,11H,1-6H2,(H2,16,18). The number of benzene rings is 1. The lowest BCUT2D eigenvalue weighted by Gasteiger charge is -2.19. The summed E-state index contributed by atoms with van der Waals surface area (Å²) in [6.07, 6.45) is 7.59. The number of ether oxygens (including phenoxy) is 1. The van der Waals surface area contributed by atoms with Crippen molar-refractivity contribution in [3.8, 4) is 5.75 Å². The topological polar surface area (TPSA) is 35.2 Å². The normalized spacial score (nSPS) is 17.2. The van der Waals surface area contributed by atoms with E-state index >= 15 is 0 Å². The SMILES string of the molecule is NC(=S)c1cc(Cl)ccc1OC1CCCCCC1. The van der Waals surface area contributed by atoms with E-state index in [0.29, 0.717) is 10.0 Å². The van der Waals surface area contributed by atoms with Crippen molar-refractivity contribution in [3.05, 3.63) is 28.8 Å². The van der Waals surface area contributed by atoms with Crippen molar-refractivity contribution in [2.45, 2.75) is 44.6 Å². The Morgan fingerprint density at radius 3 is 2.50 bits per heavy atom. The van der Waals surface area contributed by atoms with Crippen LogP contribution in [0.4, 0.5) is 0 Å². The van der Waals surface area contributed by atoms with E-state index < -0.39 is 0 Å². The average molecular weight is 284 g/mol. The predicted octanol–water partition coefficient (Wildman–Crippen LogP) is 4.08. The van der Waals surface area contributed by atoms with Crippen LogP contribution in [0.15, 0.2) is 18.2 Å². The molecule has 1 aromatic carbocycles. The van der Waals surface area contributed by atoms with E-state index in [2.05, 4.69) is 0 Å². The molecule has 1 fully saturated rings. The van der Waals surface area contributed by atoms with Crippen LogP contribution in [0.3, 0.4) is 0 Å². The number of halogens is 1. The summed E-state index contributed by atoms with van der Waals surface area (Å²) in [5.74, 6) is 0.763. The Hall–Kier alpha value is -0.800. The Labute approximate surface area is 118 Å². The lowest BCUT2D eigenvalue weighted by Crippen LogP contribution is -2.18. The van der Waals surface area contributed by atoms with Gasteiger partial charge in [-0.15, -0.1) is 0 Å². The van der Waals surface area contributed by atoms with Gasteiger partial charge in [0.1, 0.15) is 10.7 Å². The van der Waals surface area contributed by atoms with Crippen molar-refractivity contribution in [2.24, 2.45) is 5.73 Å². The summed E-state index contributed by atoms with van der Waals surface area (Å²) in [6, 6.07) is 5.45. The molecule has 0 heterocycles. The minimum Gasteiger partial charge on any atom is -0.490 e. The van der Waals surface area contributed by atoms with Gasteiger partial charge in [-0.1, -0.05) is 36.7 Å². The fraction of sp³-hybridized carbons (Fsp3) is 0.500. The summed E-state index contributed by atoms with van der Waals surface area (Å²) in [5, 5.41) is 0.631. The van der Waals surface area contributed by atoms with Gasteiger partial charge in [0.25, 0.3) is 0 Å². The zero-order valence-electron chi connectivity index (χ0n) is 10.3. The van der Waals surface area contributed by atoms with Crippen molar-refractivity contribution in [3.63, 3.8) is 0 Å². The number of hydrogen-bond donors (Lipinski definition) is 1. The highest BCUT2D eigenvalue weighted by atomic mass is 35.5. The number of hydrogen-bond acceptors (Lipinski definition) is 2. The van der Waals surface area contributed by atoms with Gasteiger partial charge in [0.15, 0.2) is 0 Å². The molecule has 0 atom stereocenters. The molecular weight excluding hydrogens is 266 g/mol.